The van der Waals surface area contributed by atoms with Crippen LogP contribution in [0.15, 0.2) is 54.6 Å². The van der Waals surface area contributed by atoms with Gasteiger partial charge in [-0.2, -0.15) is 0 Å². The van der Waals surface area contributed by atoms with Gasteiger partial charge in [0.25, 0.3) is 5.69 Å². The highest BCUT2D eigenvalue weighted by molar-refractivity contribution is 8.07. The lowest BCUT2D eigenvalue weighted by molar-refractivity contribution is -0.384. The summed E-state index contributed by atoms with van der Waals surface area (Å²) in [5.74, 6) is -1.38. The molecule has 0 saturated carbocycles. The molecule has 0 N–H and O–H groups in total. The summed E-state index contributed by atoms with van der Waals surface area (Å²) in [6.45, 7) is 4.19. The Morgan fingerprint density at radius 1 is 1.18 bits per heavy atom. The van der Waals surface area contributed by atoms with Crippen molar-refractivity contribution in [1.82, 2.24) is 0 Å². The number of hydrogen-bond donors (Lipinski definition) is 0. The third kappa shape index (κ3) is 6.20. The standard InChI is InChI=1S/C22H29NO8P2S/c1-5-27-32(26,28-6-2)21(18-13-10-14-19(15-18)23(24)25)31-33(34)29-16-22(3,4)20(30-33)17-11-8-7-9-12-17/h7-15,20-21H,5-6,16H2,1-4H3/t20-,21?,33-/m0/s1. The van der Waals surface area contributed by atoms with Gasteiger partial charge in [0.05, 0.1) is 30.8 Å². The molecule has 1 aliphatic heterocycles. The third-order valence-corrected chi connectivity index (χ3v) is 9.74. The minimum absolute atomic E-state index is 0.0658. The van der Waals surface area contributed by atoms with E-state index in [1.807, 2.05) is 44.2 Å². The van der Waals surface area contributed by atoms with Gasteiger partial charge in [-0.3, -0.25) is 23.7 Å². The first-order chi connectivity index (χ1) is 16.0. The number of benzene rings is 2. The summed E-state index contributed by atoms with van der Waals surface area (Å²) in [6.07, 6.45) is -0.447. The van der Waals surface area contributed by atoms with Gasteiger partial charge < -0.3 is 13.6 Å². The minimum atomic E-state index is -3.98. The molecule has 2 aromatic carbocycles. The molecule has 0 spiro atoms. The van der Waals surface area contributed by atoms with Gasteiger partial charge in [0.2, 0.25) is 0 Å². The van der Waals surface area contributed by atoms with Crippen molar-refractivity contribution in [2.75, 3.05) is 19.8 Å². The summed E-state index contributed by atoms with van der Waals surface area (Å²) >= 11 is 5.71. The molecule has 1 aliphatic rings. The molecule has 9 nitrogen and oxygen atoms in total. The number of non-ortho nitro benzene ring substituents is 1. The Morgan fingerprint density at radius 3 is 2.41 bits per heavy atom. The van der Waals surface area contributed by atoms with E-state index in [1.165, 1.54) is 18.2 Å². The fourth-order valence-corrected chi connectivity index (χ4v) is 8.55. The molecule has 3 atom stereocenters. The molecular formula is C22H29NO8P2S. The summed E-state index contributed by atoms with van der Waals surface area (Å²) in [5, 5.41) is 11.4. The van der Waals surface area contributed by atoms with E-state index in [1.54, 1.807) is 19.9 Å². The van der Waals surface area contributed by atoms with E-state index in [9.17, 15) is 14.7 Å². The van der Waals surface area contributed by atoms with Crippen LogP contribution >= 0.6 is 14.3 Å². The molecule has 1 saturated heterocycles. The zero-order chi connectivity index (χ0) is 25.0. The van der Waals surface area contributed by atoms with Gasteiger partial charge in [0.15, 0.2) is 5.85 Å². The monoisotopic (exact) mass is 529 g/mol. The predicted molar refractivity (Wildman–Crippen MR) is 132 cm³/mol. The van der Waals surface area contributed by atoms with E-state index in [4.69, 9.17) is 34.4 Å². The number of hydrogen-bond acceptors (Lipinski definition) is 9. The average molecular weight is 529 g/mol. The maximum atomic E-state index is 13.8. The van der Waals surface area contributed by atoms with Crippen LogP contribution in [0.25, 0.3) is 0 Å². The predicted octanol–water partition coefficient (Wildman–Crippen LogP) is 6.91. The van der Waals surface area contributed by atoms with Gasteiger partial charge in [-0.05, 0) is 31.2 Å². The SMILES string of the molecule is CCOP(=O)(OCC)C(O[P@]1(=S)OCC(C)(C)[C@H](c2ccccc2)O1)c1cccc([N+](=O)[O-])c1. The van der Waals surface area contributed by atoms with Crippen LogP contribution in [0.2, 0.25) is 0 Å². The lowest BCUT2D eigenvalue weighted by Crippen LogP contribution is -2.33. The van der Waals surface area contributed by atoms with Crippen LogP contribution in [-0.4, -0.2) is 24.7 Å². The van der Waals surface area contributed by atoms with E-state index in [0.717, 1.165) is 5.56 Å². The third-order valence-electron chi connectivity index (χ3n) is 5.14. The molecule has 3 rings (SSSR count). The van der Waals surface area contributed by atoms with Gasteiger partial charge in [-0.15, -0.1) is 0 Å². The Labute approximate surface area is 204 Å². The first-order valence-corrected chi connectivity index (χ1v) is 15.0. The molecule has 2 aromatic rings. The lowest BCUT2D eigenvalue weighted by Gasteiger charge is -2.43. The van der Waals surface area contributed by atoms with Crippen LogP contribution in [0, 0.1) is 15.5 Å². The second-order valence-electron chi connectivity index (χ2n) is 8.29. The summed E-state index contributed by atoms with van der Waals surface area (Å²) < 4.78 is 43.2. The van der Waals surface area contributed by atoms with Gasteiger partial charge in [0.1, 0.15) is 0 Å². The Hall–Kier alpha value is -1.48. The molecule has 12 heteroatoms. The summed E-state index contributed by atoms with van der Waals surface area (Å²) in [4.78, 5) is 10.8. The van der Waals surface area contributed by atoms with Crippen molar-refractivity contribution in [2.45, 2.75) is 39.6 Å². The highest BCUT2D eigenvalue weighted by atomic mass is 32.5. The Morgan fingerprint density at radius 2 is 1.82 bits per heavy atom. The first-order valence-electron chi connectivity index (χ1n) is 10.8. The topological polar surface area (TPSA) is 106 Å². The Bertz CT molecular complexity index is 1090. The molecule has 0 amide bonds. The molecule has 0 bridgehead atoms. The van der Waals surface area contributed by atoms with Crippen molar-refractivity contribution < 1.29 is 32.1 Å². The fraction of sp³-hybridized carbons (Fsp3) is 0.455. The van der Waals surface area contributed by atoms with E-state index in [2.05, 4.69) is 0 Å². The molecule has 34 heavy (non-hydrogen) atoms. The highest BCUT2D eigenvalue weighted by Gasteiger charge is 2.48. The van der Waals surface area contributed by atoms with Gasteiger partial charge in [0, 0.05) is 23.1 Å². The molecular weight excluding hydrogens is 500 g/mol. The fourth-order valence-electron chi connectivity index (χ4n) is 3.57. The number of rotatable bonds is 10. The molecule has 0 aromatic heterocycles. The maximum absolute atomic E-state index is 13.8. The van der Waals surface area contributed by atoms with Crippen molar-refractivity contribution in [3.8, 4) is 0 Å². The summed E-state index contributed by atoms with van der Waals surface area (Å²) in [5.41, 5.74) is 0.504. The van der Waals surface area contributed by atoms with Gasteiger partial charge in [-0.1, -0.05) is 56.3 Å². The number of nitro benzene ring substituents is 1. The highest BCUT2D eigenvalue weighted by Crippen LogP contribution is 2.71. The first kappa shape index (κ1) is 27.1. The largest absolute Gasteiger partial charge is 0.364 e. The van der Waals surface area contributed by atoms with Crippen molar-refractivity contribution in [3.05, 3.63) is 75.8 Å². The molecule has 1 heterocycles. The van der Waals surface area contributed by atoms with E-state index in [0.29, 0.717) is 0 Å². The van der Waals surface area contributed by atoms with Crippen molar-refractivity contribution in [2.24, 2.45) is 5.41 Å². The van der Waals surface area contributed by atoms with E-state index >= 15 is 0 Å². The van der Waals surface area contributed by atoms with Crippen LogP contribution in [-0.2, 0) is 39.0 Å². The minimum Gasteiger partial charge on any atom is -0.308 e. The summed E-state index contributed by atoms with van der Waals surface area (Å²) in [6, 6.07) is 15.2. The second-order valence-corrected chi connectivity index (χ2v) is 13.3. The average Bonchev–Trinajstić information content (AvgIpc) is 2.80. The zero-order valence-electron chi connectivity index (χ0n) is 19.5. The van der Waals surface area contributed by atoms with Crippen LogP contribution < -0.4 is 0 Å². The molecule has 186 valence electrons. The van der Waals surface area contributed by atoms with Crippen LogP contribution in [0.5, 0.6) is 0 Å². The molecule has 1 fully saturated rings. The summed E-state index contributed by atoms with van der Waals surface area (Å²) in [7, 11) is -3.98. The molecule has 0 radical (unpaired) electrons. The van der Waals surface area contributed by atoms with Crippen LogP contribution in [0.4, 0.5) is 5.69 Å². The van der Waals surface area contributed by atoms with E-state index < -0.39 is 36.6 Å². The maximum Gasteiger partial charge on any atom is 0.364 e. The normalized spacial score (nSPS) is 23.4. The van der Waals surface area contributed by atoms with E-state index in [-0.39, 0.29) is 31.1 Å². The van der Waals surface area contributed by atoms with Crippen molar-refractivity contribution >= 4 is 31.8 Å². The quantitative estimate of drug-likeness (QED) is 0.184. The Kier molecular flexibility index (Phi) is 8.82. The number of nitro groups is 1. The van der Waals surface area contributed by atoms with Gasteiger partial charge >= 0.3 is 14.3 Å². The van der Waals surface area contributed by atoms with Crippen molar-refractivity contribution in [1.29, 1.82) is 0 Å². The molecule has 0 aliphatic carbocycles. The smallest absolute Gasteiger partial charge is 0.308 e. The van der Waals surface area contributed by atoms with Crippen LogP contribution in [0.1, 0.15) is 50.8 Å². The Balaban J connectivity index is 2.03. The molecule has 1 unspecified atom stereocenters. The second kappa shape index (κ2) is 11.1. The van der Waals surface area contributed by atoms with Gasteiger partial charge in [-0.25, -0.2) is 0 Å². The number of nitrogens with zero attached hydrogens (tertiary/aromatic N) is 1. The lowest BCUT2D eigenvalue weighted by atomic mass is 9.83. The zero-order valence-corrected chi connectivity index (χ0v) is 22.1. The van der Waals surface area contributed by atoms with Crippen molar-refractivity contribution in [3.63, 3.8) is 0 Å². The van der Waals surface area contributed by atoms with Crippen LogP contribution in [0.3, 0.4) is 0 Å².